The van der Waals surface area contributed by atoms with Crippen LogP contribution in [0.3, 0.4) is 0 Å². The molecule has 1 aliphatic heterocycles. The lowest BCUT2D eigenvalue weighted by Gasteiger charge is -2.19. The first kappa shape index (κ1) is 17.0. The summed E-state index contributed by atoms with van der Waals surface area (Å²) in [6.07, 6.45) is 0. The number of nitrogens with one attached hydrogen (secondary N) is 1. The molecule has 0 aliphatic carbocycles. The second-order valence-electron chi connectivity index (χ2n) is 6.63. The van der Waals surface area contributed by atoms with Gasteiger partial charge in [-0.2, -0.15) is 0 Å². The summed E-state index contributed by atoms with van der Waals surface area (Å²) in [5.41, 5.74) is 4.54. The van der Waals surface area contributed by atoms with E-state index in [0.29, 0.717) is 11.3 Å². The molecule has 0 atom stereocenters. The Morgan fingerprint density at radius 3 is 2.20 bits per heavy atom. The van der Waals surface area contributed by atoms with Crippen molar-refractivity contribution in [3.63, 3.8) is 0 Å². The molecule has 4 nitrogen and oxygen atoms in total. The van der Waals surface area contributed by atoms with E-state index in [-0.39, 0.29) is 17.9 Å². The number of amides is 2. The first-order valence-electron chi connectivity index (χ1n) is 8.42. The third kappa shape index (κ3) is 3.07. The van der Waals surface area contributed by atoms with Crippen LogP contribution in [-0.2, 0) is 9.59 Å². The van der Waals surface area contributed by atoms with Gasteiger partial charge in [0, 0.05) is 11.7 Å². The molecule has 0 fully saturated rings. The quantitative estimate of drug-likeness (QED) is 0.863. The third-order valence-corrected chi connectivity index (χ3v) is 4.34. The number of nitrogens with zero attached hydrogens (tertiary/aromatic N) is 1. The second kappa shape index (κ2) is 6.55. The molecule has 1 heterocycles. The molecular formula is C21H22N2O2. The van der Waals surface area contributed by atoms with Gasteiger partial charge in [-0.25, -0.2) is 0 Å². The molecule has 0 unspecified atom stereocenters. The summed E-state index contributed by atoms with van der Waals surface area (Å²) in [5, 5.41) is 3.22. The van der Waals surface area contributed by atoms with Crippen molar-refractivity contribution in [2.75, 3.05) is 5.32 Å². The Morgan fingerprint density at radius 1 is 0.920 bits per heavy atom. The highest BCUT2D eigenvalue weighted by atomic mass is 16.2. The van der Waals surface area contributed by atoms with E-state index in [1.807, 2.05) is 76.2 Å². The summed E-state index contributed by atoms with van der Waals surface area (Å²) in [6.45, 7) is 7.70. The van der Waals surface area contributed by atoms with Crippen LogP contribution in [0.4, 0.5) is 5.69 Å². The van der Waals surface area contributed by atoms with Crippen LogP contribution in [0.25, 0.3) is 5.57 Å². The minimum Gasteiger partial charge on any atom is -0.350 e. The highest BCUT2D eigenvalue weighted by Gasteiger charge is 2.40. The molecule has 0 aromatic heterocycles. The van der Waals surface area contributed by atoms with Gasteiger partial charge in [0.2, 0.25) is 0 Å². The number of imide groups is 1. The maximum atomic E-state index is 12.9. The number of aryl methyl sites for hydroxylation is 2. The molecule has 1 aliphatic rings. The molecule has 2 aromatic carbocycles. The van der Waals surface area contributed by atoms with Gasteiger partial charge in [0.1, 0.15) is 5.70 Å². The topological polar surface area (TPSA) is 49.4 Å². The molecule has 128 valence electrons. The fourth-order valence-electron chi connectivity index (χ4n) is 3.09. The molecule has 0 spiro atoms. The smallest absolute Gasteiger partial charge is 0.278 e. The normalized spacial score (nSPS) is 14.7. The third-order valence-electron chi connectivity index (χ3n) is 4.34. The summed E-state index contributed by atoms with van der Waals surface area (Å²) in [6, 6.07) is 15.1. The second-order valence-corrected chi connectivity index (χ2v) is 6.63. The molecule has 4 heteroatoms. The predicted octanol–water partition coefficient (Wildman–Crippen LogP) is 3.90. The van der Waals surface area contributed by atoms with Gasteiger partial charge in [-0.05, 0) is 44.9 Å². The monoisotopic (exact) mass is 334 g/mol. The van der Waals surface area contributed by atoms with E-state index >= 15 is 0 Å². The summed E-state index contributed by atoms with van der Waals surface area (Å²) in [4.78, 5) is 27.1. The lowest BCUT2D eigenvalue weighted by molar-refractivity contribution is -0.138. The molecule has 3 rings (SSSR count). The van der Waals surface area contributed by atoms with E-state index < -0.39 is 0 Å². The minimum absolute atomic E-state index is 0.197. The van der Waals surface area contributed by atoms with Gasteiger partial charge < -0.3 is 5.32 Å². The lowest BCUT2D eigenvalue weighted by atomic mass is 10.0. The largest absolute Gasteiger partial charge is 0.350 e. The van der Waals surface area contributed by atoms with Gasteiger partial charge in [0.25, 0.3) is 11.8 Å². The fraction of sp³-hybridized carbons (Fsp3) is 0.238. The van der Waals surface area contributed by atoms with Gasteiger partial charge in [0.05, 0.1) is 5.57 Å². The fourth-order valence-corrected chi connectivity index (χ4v) is 3.09. The van der Waals surface area contributed by atoms with Crippen LogP contribution in [0.5, 0.6) is 0 Å². The molecular weight excluding hydrogens is 312 g/mol. The van der Waals surface area contributed by atoms with Crippen molar-refractivity contribution in [3.05, 3.63) is 70.9 Å². The summed E-state index contributed by atoms with van der Waals surface area (Å²) in [7, 11) is 0. The number of anilines is 1. The Morgan fingerprint density at radius 2 is 1.60 bits per heavy atom. The number of carbonyl (C=O) groups is 2. The van der Waals surface area contributed by atoms with E-state index in [1.165, 1.54) is 4.90 Å². The molecule has 2 aromatic rings. The first-order chi connectivity index (χ1) is 11.9. The van der Waals surface area contributed by atoms with Crippen LogP contribution in [0, 0.1) is 13.8 Å². The maximum absolute atomic E-state index is 12.9. The van der Waals surface area contributed by atoms with Crippen molar-refractivity contribution in [1.82, 2.24) is 4.90 Å². The highest BCUT2D eigenvalue weighted by Crippen LogP contribution is 2.32. The number of hydrogen-bond donors (Lipinski definition) is 1. The molecule has 2 amide bonds. The van der Waals surface area contributed by atoms with E-state index in [9.17, 15) is 9.59 Å². The molecule has 0 bridgehead atoms. The van der Waals surface area contributed by atoms with Crippen molar-refractivity contribution in [2.24, 2.45) is 0 Å². The van der Waals surface area contributed by atoms with Crippen molar-refractivity contribution in [3.8, 4) is 0 Å². The average molecular weight is 334 g/mol. The minimum atomic E-state index is -0.279. The average Bonchev–Trinajstić information content (AvgIpc) is 2.81. The predicted molar refractivity (Wildman–Crippen MR) is 99.9 cm³/mol. The van der Waals surface area contributed by atoms with Gasteiger partial charge in [-0.1, -0.05) is 48.0 Å². The van der Waals surface area contributed by atoms with Gasteiger partial charge in [-0.3, -0.25) is 14.5 Å². The molecule has 0 saturated carbocycles. The first-order valence-corrected chi connectivity index (χ1v) is 8.42. The van der Waals surface area contributed by atoms with Crippen molar-refractivity contribution >= 4 is 23.1 Å². The Kier molecular flexibility index (Phi) is 4.45. The van der Waals surface area contributed by atoms with Crippen LogP contribution in [0.1, 0.15) is 30.5 Å². The SMILES string of the molecule is Cc1ccc(NC2=C(c3ccccc3)C(=O)N(C(C)C)C2=O)c(C)c1. The van der Waals surface area contributed by atoms with Crippen molar-refractivity contribution < 1.29 is 9.59 Å². The number of carbonyl (C=O) groups excluding carboxylic acids is 2. The van der Waals surface area contributed by atoms with Crippen molar-refractivity contribution in [2.45, 2.75) is 33.7 Å². The Balaban J connectivity index is 2.11. The molecule has 1 N–H and O–H groups in total. The molecule has 0 saturated heterocycles. The van der Waals surface area contributed by atoms with E-state index in [0.717, 1.165) is 22.4 Å². The number of rotatable bonds is 4. The van der Waals surface area contributed by atoms with E-state index in [2.05, 4.69) is 5.32 Å². The zero-order valence-electron chi connectivity index (χ0n) is 15.0. The van der Waals surface area contributed by atoms with E-state index in [1.54, 1.807) is 0 Å². The van der Waals surface area contributed by atoms with Gasteiger partial charge in [-0.15, -0.1) is 0 Å². The molecule has 25 heavy (non-hydrogen) atoms. The number of hydrogen-bond acceptors (Lipinski definition) is 3. The van der Waals surface area contributed by atoms with Crippen LogP contribution >= 0.6 is 0 Å². The summed E-state index contributed by atoms with van der Waals surface area (Å²) >= 11 is 0. The lowest BCUT2D eigenvalue weighted by Crippen LogP contribution is -2.38. The Bertz CT molecular complexity index is 867. The summed E-state index contributed by atoms with van der Waals surface area (Å²) in [5.74, 6) is -0.530. The summed E-state index contributed by atoms with van der Waals surface area (Å²) < 4.78 is 0. The van der Waals surface area contributed by atoms with Gasteiger partial charge >= 0.3 is 0 Å². The van der Waals surface area contributed by atoms with Crippen LogP contribution < -0.4 is 5.32 Å². The van der Waals surface area contributed by atoms with Crippen molar-refractivity contribution in [1.29, 1.82) is 0 Å². The zero-order chi connectivity index (χ0) is 18.1. The Labute approximate surface area is 148 Å². The maximum Gasteiger partial charge on any atom is 0.278 e. The highest BCUT2D eigenvalue weighted by molar-refractivity contribution is 6.36. The Hall–Kier alpha value is -2.88. The van der Waals surface area contributed by atoms with Gasteiger partial charge in [0.15, 0.2) is 0 Å². The standard InChI is InChI=1S/C21H22N2O2/c1-13(2)23-20(24)18(16-8-6-5-7-9-16)19(21(23)25)22-17-11-10-14(3)12-15(17)4/h5-13,22H,1-4H3. The molecule has 0 radical (unpaired) electrons. The van der Waals surface area contributed by atoms with E-state index in [4.69, 9.17) is 0 Å². The van der Waals surface area contributed by atoms with Crippen LogP contribution in [-0.4, -0.2) is 22.8 Å². The van der Waals surface area contributed by atoms with Crippen LogP contribution in [0.2, 0.25) is 0 Å². The zero-order valence-corrected chi connectivity index (χ0v) is 15.0. The number of benzene rings is 2. The van der Waals surface area contributed by atoms with Crippen LogP contribution in [0.15, 0.2) is 54.2 Å².